The van der Waals surface area contributed by atoms with E-state index in [0.717, 1.165) is 19.3 Å². The number of rotatable bonds is 4. The van der Waals surface area contributed by atoms with Crippen LogP contribution in [0.2, 0.25) is 0 Å². The number of H-pyrrole nitrogens is 1. The van der Waals surface area contributed by atoms with E-state index >= 15 is 0 Å². The number of nitrogens with zero attached hydrogens (tertiary/aromatic N) is 2. The Morgan fingerprint density at radius 1 is 1.21 bits per heavy atom. The summed E-state index contributed by atoms with van der Waals surface area (Å²) < 4.78 is 6.21. The van der Waals surface area contributed by atoms with E-state index in [1.165, 1.54) is 6.20 Å². The second kappa shape index (κ2) is 9.26. The first-order chi connectivity index (χ1) is 18.0. The zero-order valence-electron chi connectivity index (χ0n) is 22.6. The van der Waals surface area contributed by atoms with E-state index in [0.29, 0.717) is 24.2 Å². The van der Waals surface area contributed by atoms with Crippen molar-refractivity contribution in [2.75, 3.05) is 0 Å². The summed E-state index contributed by atoms with van der Waals surface area (Å²) in [4.78, 5) is 51.0. The van der Waals surface area contributed by atoms with E-state index in [-0.39, 0.29) is 34.5 Å². The Bertz CT molecular complexity index is 1320. The van der Waals surface area contributed by atoms with Crippen molar-refractivity contribution in [2.24, 2.45) is 34.0 Å². The maximum absolute atomic E-state index is 13.5. The summed E-state index contributed by atoms with van der Waals surface area (Å²) in [5, 5.41) is 11.7. The molecule has 3 fully saturated rings. The lowest BCUT2D eigenvalue weighted by atomic mass is 9.44. The minimum absolute atomic E-state index is 0.0995. The number of carbonyl (C=O) groups is 2. The highest BCUT2D eigenvalue weighted by atomic mass is 16.5. The van der Waals surface area contributed by atoms with Crippen molar-refractivity contribution < 1.29 is 19.4 Å². The van der Waals surface area contributed by atoms with Crippen molar-refractivity contribution in [3.63, 3.8) is 0 Å². The number of hydrogen-bond acceptors (Lipinski definition) is 7. The highest BCUT2D eigenvalue weighted by molar-refractivity contribution is 5.89. The molecule has 0 radical (unpaired) electrons. The third-order valence-corrected chi connectivity index (χ3v) is 10.5. The molecule has 3 aliphatic rings. The Hall–Kier alpha value is -3.13. The zero-order chi connectivity index (χ0) is 27.5. The van der Waals surface area contributed by atoms with Gasteiger partial charge >= 0.3 is 5.97 Å². The van der Waals surface area contributed by atoms with Crippen LogP contribution in [0, 0.1) is 34.0 Å². The number of hydrogen-bond donors (Lipinski definition) is 2. The molecule has 0 aromatic carbocycles. The fourth-order valence-corrected chi connectivity index (χ4v) is 7.89. The molecule has 3 aliphatic carbocycles. The largest absolute Gasteiger partial charge is 0.458 e. The Morgan fingerprint density at radius 3 is 2.58 bits per heavy atom. The van der Waals surface area contributed by atoms with Crippen LogP contribution in [0.1, 0.15) is 70.2 Å². The predicted octanol–water partition coefficient (Wildman–Crippen LogP) is 4.35. The summed E-state index contributed by atoms with van der Waals surface area (Å²) in [5.74, 6) is -0.621. The number of aliphatic hydroxyl groups is 1. The molecule has 202 valence electrons. The molecule has 3 saturated carbocycles. The highest BCUT2D eigenvalue weighted by Gasteiger charge is 2.68. The first-order valence-corrected chi connectivity index (χ1v) is 13.5. The number of Topliss-reactive ketones (excluding diaryl/α,β-unsaturated/α-hetero) is 1. The molecule has 2 N–H and O–H groups in total. The summed E-state index contributed by atoms with van der Waals surface area (Å²) >= 11 is 0. The molecule has 8 atom stereocenters. The van der Waals surface area contributed by atoms with Gasteiger partial charge in [-0.15, -0.1) is 6.58 Å². The van der Waals surface area contributed by atoms with Crippen molar-refractivity contribution in [1.82, 2.24) is 15.0 Å². The van der Waals surface area contributed by atoms with Crippen molar-refractivity contribution >= 4 is 11.8 Å². The maximum Gasteiger partial charge on any atom is 0.345 e. The van der Waals surface area contributed by atoms with Crippen LogP contribution in [0.25, 0.3) is 11.4 Å². The number of carbonyl (C=O) groups excluding carboxylic acids is 2. The summed E-state index contributed by atoms with van der Waals surface area (Å²) in [6.07, 6.45) is 7.94. The van der Waals surface area contributed by atoms with Crippen LogP contribution >= 0.6 is 0 Å². The molecule has 38 heavy (non-hydrogen) atoms. The van der Waals surface area contributed by atoms with Crippen LogP contribution in [0.3, 0.4) is 0 Å². The first kappa shape index (κ1) is 26.5. The Labute approximate surface area is 222 Å². The number of pyridine rings is 1. The van der Waals surface area contributed by atoms with Crippen LogP contribution in [0.15, 0.2) is 48.2 Å². The van der Waals surface area contributed by atoms with Gasteiger partial charge in [-0.2, -0.15) is 0 Å². The molecule has 0 saturated heterocycles. The maximum atomic E-state index is 13.5. The van der Waals surface area contributed by atoms with Crippen molar-refractivity contribution in [2.45, 2.75) is 72.0 Å². The van der Waals surface area contributed by atoms with Gasteiger partial charge in [-0.25, -0.2) is 9.78 Å². The molecule has 2 unspecified atom stereocenters. The quantitative estimate of drug-likeness (QED) is 0.455. The summed E-state index contributed by atoms with van der Waals surface area (Å²) in [7, 11) is 0. The van der Waals surface area contributed by atoms with Gasteiger partial charge in [0, 0.05) is 47.3 Å². The van der Waals surface area contributed by atoms with Crippen molar-refractivity contribution in [3.8, 4) is 11.4 Å². The van der Waals surface area contributed by atoms with E-state index in [1.54, 1.807) is 30.6 Å². The summed E-state index contributed by atoms with van der Waals surface area (Å²) in [6, 6.07) is 3.42. The second-order valence-electron chi connectivity index (χ2n) is 12.2. The molecule has 0 amide bonds. The molecule has 0 spiro atoms. The molecule has 2 aromatic heterocycles. The Morgan fingerprint density at radius 2 is 1.92 bits per heavy atom. The molecule has 2 aromatic rings. The smallest absolute Gasteiger partial charge is 0.345 e. The van der Waals surface area contributed by atoms with E-state index in [4.69, 9.17) is 4.74 Å². The molecule has 5 rings (SSSR count). The van der Waals surface area contributed by atoms with Gasteiger partial charge in [-0.1, -0.05) is 33.8 Å². The lowest BCUT2D eigenvalue weighted by Crippen LogP contribution is -2.63. The van der Waals surface area contributed by atoms with Crippen LogP contribution in [-0.2, 0) is 9.53 Å². The average Bonchev–Trinajstić information content (AvgIpc) is 3.27. The first-order valence-electron chi connectivity index (χ1n) is 13.5. The second-order valence-corrected chi connectivity index (χ2v) is 12.2. The van der Waals surface area contributed by atoms with Gasteiger partial charge in [-0.3, -0.25) is 14.6 Å². The number of aromatic nitrogens is 3. The zero-order valence-corrected chi connectivity index (χ0v) is 22.6. The fraction of sp³-hybridized carbons (Fsp3) is 0.567. The molecule has 2 bridgehead atoms. The number of nitrogens with one attached hydrogen (secondary N) is 1. The number of aromatic amines is 1. The average molecular weight is 520 g/mol. The summed E-state index contributed by atoms with van der Waals surface area (Å²) in [5.41, 5.74) is -1.90. The lowest BCUT2D eigenvalue weighted by molar-refractivity contribution is -0.192. The molecule has 2 heterocycles. The predicted molar refractivity (Wildman–Crippen MR) is 142 cm³/mol. The van der Waals surface area contributed by atoms with E-state index in [9.17, 15) is 19.5 Å². The number of aliphatic hydroxyl groups excluding tert-OH is 1. The Balaban J connectivity index is 1.56. The van der Waals surface area contributed by atoms with Gasteiger partial charge in [0.1, 0.15) is 23.3 Å². The molecule has 8 heteroatoms. The molecular formula is C30H37N3O5. The molecule has 0 aliphatic heterocycles. The van der Waals surface area contributed by atoms with Gasteiger partial charge < -0.3 is 14.8 Å². The lowest BCUT2D eigenvalue weighted by Gasteiger charge is -2.61. The van der Waals surface area contributed by atoms with Crippen LogP contribution in [0.5, 0.6) is 0 Å². The third-order valence-electron chi connectivity index (χ3n) is 10.5. The number of esters is 1. The normalized spacial score (nSPS) is 38.6. The highest BCUT2D eigenvalue weighted by Crippen LogP contribution is 2.68. The minimum Gasteiger partial charge on any atom is -0.458 e. The van der Waals surface area contributed by atoms with Crippen LogP contribution < -0.4 is 5.56 Å². The molecule has 8 nitrogen and oxygen atoms in total. The van der Waals surface area contributed by atoms with Gasteiger partial charge in [0.25, 0.3) is 5.56 Å². The molecular weight excluding hydrogens is 482 g/mol. The number of ether oxygens (including phenoxy) is 1. The monoisotopic (exact) mass is 519 g/mol. The fourth-order valence-electron chi connectivity index (χ4n) is 7.89. The number of ketones is 1. The van der Waals surface area contributed by atoms with Gasteiger partial charge in [0.2, 0.25) is 0 Å². The topological polar surface area (TPSA) is 122 Å². The standard InChI is InChI=1S/C30H37N3O5/c1-6-28(4)15-22(38-27(37)20-16-32-25(33-26(20)36)19-9-13-31-14-10-19)29(5)17(2)7-11-30(18(3)24(28)35)12-8-21(34)23(29)30/h6,9-10,13-14,16-18,22-24,35H,1,7-8,11-12,15H2,2-5H3,(H,32,33,36)/t17-,18+,22-,23?,24+,28-,29+,30?/m1/s1. The Kier molecular flexibility index (Phi) is 6.45. The van der Waals surface area contributed by atoms with E-state index in [1.807, 2.05) is 6.92 Å². The minimum atomic E-state index is -0.783. The van der Waals surface area contributed by atoms with Crippen molar-refractivity contribution in [3.05, 3.63) is 59.3 Å². The van der Waals surface area contributed by atoms with Crippen LogP contribution in [0.4, 0.5) is 0 Å². The van der Waals surface area contributed by atoms with E-state index in [2.05, 4.69) is 42.3 Å². The van der Waals surface area contributed by atoms with Gasteiger partial charge in [0.15, 0.2) is 0 Å². The third kappa shape index (κ3) is 3.79. The van der Waals surface area contributed by atoms with E-state index < -0.39 is 34.6 Å². The van der Waals surface area contributed by atoms with Gasteiger partial charge in [-0.05, 0) is 55.1 Å². The van der Waals surface area contributed by atoms with Crippen molar-refractivity contribution in [1.29, 1.82) is 0 Å². The van der Waals surface area contributed by atoms with Crippen LogP contribution in [-0.4, -0.2) is 44.0 Å². The SMILES string of the molecule is C=C[C@]1(C)C[C@@H](OC(=O)c2cnc(-c3ccncc3)[nH]c2=O)[C@@]2(C)C3C(=O)CCC3(CC[C@H]2C)[C@@H](C)[C@@H]1O. The summed E-state index contributed by atoms with van der Waals surface area (Å²) in [6.45, 7) is 12.2. The van der Waals surface area contributed by atoms with Gasteiger partial charge in [0.05, 0.1) is 6.10 Å².